The van der Waals surface area contributed by atoms with Gasteiger partial charge in [-0.05, 0) is 43.3 Å². The highest BCUT2D eigenvalue weighted by molar-refractivity contribution is 9.10. The van der Waals surface area contributed by atoms with Crippen LogP contribution in [0.15, 0.2) is 53.0 Å². The zero-order valence-corrected chi connectivity index (χ0v) is 14.2. The van der Waals surface area contributed by atoms with E-state index >= 15 is 0 Å². The van der Waals surface area contributed by atoms with Crippen LogP contribution in [0, 0.1) is 0 Å². The lowest BCUT2D eigenvalue weighted by Crippen LogP contribution is -2.33. The monoisotopic (exact) mass is 376 g/mol. The van der Waals surface area contributed by atoms with Crippen molar-refractivity contribution in [2.45, 2.75) is 6.92 Å². The molecular weight excluding hydrogens is 360 g/mol. The lowest BCUT2D eigenvalue weighted by atomic mass is 10.2. The smallest absolute Gasteiger partial charge is 0.255 e. The number of benzene rings is 2. The summed E-state index contributed by atoms with van der Waals surface area (Å²) in [5, 5.41) is 5.30. The van der Waals surface area contributed by atoms with E-state index in [0.717, 1.165) is 4.47 Å². The van der Waals surface area contributed by atoms with Crippen LogP contribution in [-0.2, 0) is 4.79 Å². The van der Waals surface area contributed by atoms with Crippen LogP contribution in [-0.4, -0.2) is 25.0 Å². The van der Waals surface area contributed by atoms with E-state index in [9.17, 15) is 9.59 Å². The minimum absolute atomic E-state index is 0.116. The standard InChI is InChI=1S/C17H17BrN2O3/c1-2-23-15-6-4-3-5-14(15)17(22)19-11-16(21)20-13-9-7-12(18)8-10-13/h3-10H,2,11H2,1H3,(H,19,22)(H,20,21). The maximum Gasteiger partial charge on any atom is 0.255 e. The van der Waals surface area contributed by atoms with E-state index < -0.39 is 0 Å². The molecule has 0 spiro atoms. The highest BCUT2D eigenvalue weighted by Crippen LogP contribution is 2.17. The molecule has 0 unspecified atom stereocenters. The maximum atomic E-state index is 12.2. The fourth-order valence-electron chi connectivity index (χ4n) is 1.93. The average Bonchev–Trinajstić information content (AvgIpc) is 2.56. The van der Waals surface area contributed by atoms with Crippen molar-refractivity contribution in [2.24, 2.45) is 0 Å². The molecule has 2 amide bonds. The Hall–Kier alpha value is -2.34. The van der Waals surface area contributed by atoms with Crippen LogP contribution >= 0.6 is 15.9 Å². The van der Waals surface area contributed by atoms with Gasteiger partial charge in [-0.15, -0.1) is 0 Å². The van der Waals surface area contributed by atoms with Crippen LogP contribution in [0.2, 0.25) is 0 Å². The van der Waals surface area contributed by atoms with Crippen molar-refractivity contribution in [2.75, 3.05) is 18.5 Å². The fraction of sp³-hybridized carbons (Fsp3) is 0.176. The number of halogens is 1. The fourth-order valence-corrected chi connectivity index (χ4v) is 2.19. The molecule has 0 aromatic heterocycles. The van der Waals surface area contributed by atoms with Crippen molar-refractivity contribution in [1.29, 1.82) is 0 Å². The van der Waals surface area contributed by atoms with E-state index in [1.807, 2.05) is 19.1 Å². The first kappa shape index (κ1) is 17.0. The molecule has 6 heteroatoms. The predicted octanol–water partition coefficient (Wildman–Crippen LogP) is 3.22. The van der Waals surface area contributed by atoms with Crippen molar-refractivity contribution < 1.29 is 14.3 Å². The Balaban J connectivity index is 1.91. The van der Waals surface area contributed by atoms with Crippen molar-refractivity contribution in [3.63, 3.8) is 0 Å². The normalized spacial score (nSPS) is 10.0. The highest BCUT2D eigenvalue weighted by Gasteiger charge is 2.13. The lowest BCUT2D eigenvalue weighted by molar-refractivity contribution is -0.115. The predicted molar refractivity (Wildman–Crippen MR) is 92.7 cm³/mol. The molecule has 23 heavy (non-hydrogen) atoms. The number of rotatable bonds is 6. The van der Waals surface area contributed by atoms with Gasteiger partial charge in [-0.25, -0.2) is 0 Å². The molecule has 5 nitrogen and oxygen atoms in total. The number of hydrogen-bond acceptors (Lipinski definition) is 3. The molecule has 2 aromatic carbocycles. The van der Waals surface area contributed by atoms with E-state index in [0.29, 0.717) is 23.6 Å². The quantitative estimate of drug-likeness (QED) is 0.813. The van der Waals surface area contributed by atoms with Crippen molar-refractivity contribution in [1.82, 2.24) is 5.32 Å². The van der Waals surface area contributed by atoms with E-state index in [-0.39, 0.29) is 18.4 Å². The largest absolute Gasteiger partial charge is 0.493 e. The molecule has 0 bridgehead atoms. The summed E-state index contributed by atoms with van der Waals surface area (Å²) in [7, 11) is 0. The third-order valence-corrected chi connectivity index (χ3v) is 3.50. The van der Waals surface area contributed by atoms with E-state index in [1.165, 1.54) is 0 Å². The summed E-state index contributed by atoms with van der Waals surface area (Å²) < 4.78 is 6.33. The summed E-state index contributed by atoms with van der Waals surface area (Å²) in [5.74, 6) is -0.143. The Morgan fingerprint density at radius 2 is 1.78 bits per heavy atom. The molecule has 0 radical (unpaired) electrons. The Morgan fingerprint density at radius 3 is 2.48 bits per heavy atom. The van der Waals surface area contributed by atoms with Gasteiger partial charge in [0, 0.05) is 10.2 Å². The third-order valence-electron chi connectivity index (χ3n) is 2.97. The number of anilines is 1. The lowest BCUT2D eigenvalue weighted by Gasteiger charge is -2.10. The summed E-state index contributed by atoms with van der Waals surface area (Å²) in [6, 6.07) is 14.1. The second-order valence-corrected chi connectivity index (χ2v) is 5.58. The molecule has 0 saturated carbocycles. The summed E-state index contributed by atoms with van der Waals surface area (Å²) in [4.78, 5) is 24.0. The van der Waals surface area contributed by atoms with Crippen LogP contribution in [0.25, 0.3) is 0 Å². The molecule has 2 rings (SSSR count). The van der Waals surface area contributed by atoms with Gasteiger partial charge >= 0.3 is 0 Å². The molecule has 0 saturated heterocycles. The van der Waals surface area contributed by atoms with Gasteiger partial charge in [-0.2, -0.15) is 0 Å². The van der Waals surface area contributed by atoms with Crippen molar-refractivity contribution in [3.8, 4) is 5.75 Å². The molecule has 120 valence electrons. The molecule has 2 aromatic rings. The Bertz CT molecular complexity index is 686. The first-order chi connectivity index (χ1) is 11.1. The minimum atomic E-state index is -0.347. The third kappa shape index (κ3) is 5.10. The minimum Gasteiger partial charge on any atom is -0.493 e. The zero-order valence-electron chi connectivity index (χ0n) is 12.6. The Morgan fingerprint density at radius 1 is 1.09 bits per heavy atom. The van der Waals surface area contributed by atoms with Crippen LogP contribution < -0.4 is 15.4 Å². The van der Waals surface area contributed by atoms with Gasteiger partial charge in [0.05, 0.1) is 18.7 Å². The van der Waals surface area contributed by atoms with Gasteiger partial charge in [0.25, 0.3) is 5.91 Å². The van der Waals surface area contributed by atoms with Crippen LogP contribution in [0.1, 0.15) is 17.3 Å². The SMILES string of the molecule is CCOc1ccccc1C(=O)NCC(=O)Nc1ccc(Br)cc1. The van der Waals surface area contributed by atoms with Gasteiger partial charge in [-0.3, -0.25) is 9.59 Å². The van der Waals surface area contributed by atoms with Crippen LogP contribution in [0.5, 0.6) is 5.75 Å². The molecule has 0 aliphatic carbocycles. The highest BCUT2D eigenvalue weighted by atomic mass is 79.9. The number of carbonyl (C=O) groups is 2. The van der Waals surface area contributed by atoms with Gasteiger partial charge in [0.1, 0.15) is 5.75 Å². The summed E-state index contributed by atoms with van der Waals surface area (Å²) in [5.41, 5.74) is 1.08. The molecule has 0 aliphatic rings. The summed E-state index contributed by atoms with van der Waals surface area (Å²) >= 11 is 3.33. The van der Waals surface area contributed by atoms with Gasteiger partial charge in [0.2, 0.25) is 5.91 Å². The Labute approximate surface area is 143 Å². The topological polar surface area (TPSA) is 67.4 Å². The number of para-hydroxylation sites is 1. The van der Waals surface area contributed by atoms with Crippen molar-refractivity contribution in [3.05, 3.63) is 58.6 Å². The van der Waals surface area contributed by atoms with E-state index in [4.69, 9.17) is 4.74 Å². The maximum absolute atomic E-state index is 12.2. The first-order valence-corrected chi connectivity index (χ1v) is 7.95. The summed E-state index contributed by atoms with van der Waals surface area (Å²) in [6.07, 6.45) is 0. The molecule has 0 aliphatic heterocycles. The molecule has 0 heterocycles. The van der Waals surface area contributed by atoms with Gasteiger partial charge < -0.3 is 15.4 Å². The molecular formula is C17H17BrN2O3. The second-order valence-electron chi connectivity index (χ2n) is 4.67. The average molecular weight is 377 g/mol. The van der Waals surface area contributed by atoms with Crippen LogP contribution in [0.3, 0.4) is 0 Å². The number of ether oxygens (including phenoxy) is 1. The molecule has 0 fully saturated rings. The molecule has 0 atom stereocenters. The summed E-state index contributed by atoms with van der Waals surface area (Å²) in [6.45, 7) is 2.20. The van der Waals surface area contributed by atoms with E-state index in [2.05, 4.69) is 26.6 Å². The number of hydrogen-bond donors (Lipinski definition) is 2. The molecule has 2 N–H and O–H groups in total. The number of carbonyl (C=O) groups excluding carboxylic acids is 2. The van der Waals surface area contributed by atoms with E-state index in [1.54, 1.807) is 36.4 Å². The van der Waals surface area contributed by atoms with Gasteiger partial charge in [-0.1, -0.05) is 28.1 Å². The zero-order chi connectivity index (χ0) is 16.7. The van der Waals surface area contributed by atoms with Crippen molar-refractivity contribution >= 4 is 33.4 Å². The number of nitrogens with one attached hydrogen (secondary N) is 2. The number of amides is 2. The first-order valence-electron chi connectivity index (χ1n) is 7.15. The second kappa shape index (κ2) is 8.33. The van der Waals surface area contributed by atoms with Crippen LogP contribution in [0.4, 0.5) is 5.69 Å². The Kier molecular flexibility index (Phi) is 6.17. The van der Waals surface area contributed by atoms with Gasteiger partial charge in [0.15, 0.2) is 0 Å².